The van der Waals surface area contributed by atoms with Gasteiger partial charge in [-0.15, -0.1) is 0 Å². The third-order valence-electron chi connectivity index (χ3n) is 3.97. The summed E-state index contributed by atoms with van der Waals surface area (Å²) < 4.78 is 36.0. The fourth-order valence-corrected chi connectivity index (χ4v) is 3.22. The summed E-state index contributed by atoms with van der Waals surface area (Å²) in [7, 11) is 0. The Morgan fingerprint density at radius 1 is 1.00 bits per heavy atom. The molecule has 3 aromatic rings. The highest BCUT2D eigenvalue weighted by Crippen LogP contribution is 2.33. The van der Waals surface area contributed by atoms with Crippen LogP contribution in [0.1, 0.15) is 5.56 Å². The second-order valence-electron chi connectivity index (χ2n) is 5.94. The van der Waals surface area contributed by atoms with Gasteiger partial charge in [0, 0.05) is 5.56 Å². The molecule has 0 spiro atoms. The van der Waals surface area contributed by atoms with E-state index in [2.05, 4.69) is 18.3 Å². The minimum absolute atomic E-state index is 0.197. The van der Waals surface area contributed by atoms with Crippen molar-refractivity contribution in [2.75, 3.05) is 13.2 Å². The van der Waals surface area contributed by atoms with Gasteiger partial charge in [0.2, 0.25) is 5.82 Å². The normalized spacial score (nSPS) is 13.6. The van der Waals surface area contributed by atoms with Crippen molar-refractivity contribution in [2.24, 2.45) is 8.36 Å². The fraction of sp³-hybridized carbons (Fsp3) is 0.100. The number of hydrogen-bond donors (Lipinski definition) is 0. The Morgan fingerprint density at radius 2 is 1.68 bits per heavy atom. The maximum atomic E-state index is 15.0. The van der Waals surface area contributed by atoms with Gasteiger partial charge in [0.1, 0.15) is 30.1 Å². The SMILES string of the molecule is Fc1c(Oc2ccccc2Cl)ncnc1Oc1ccccc1/C(=N\I)C1=NOCCO1. The van der Waals surface area contributed by atoms with E-state index in [-0.39, 0.29) is 29.2 Å². The molecule has 1 aromatic heterocycles. The lowest BCUT2D eigenvalue weighted by Gasteiger charge is -2.16. The summed E-state index contributed by atoms with van der Waals surface area (Å²) >= 11 is 7.89. The molecule has 4 rings (SSSR count). The van der Waals surface area contributed by atoms with Crippen LogP contribution in [0.5, 0.6) is 23.3 Å². The van der Waals surface area contributed by atoms with Gasteiger partial charge in [-0.05, 0) is 29.4 Å². The maximum absolute atomic E-state index is 15.0. The lowest BCUT2D eigenvalue weighted by Crippen LogP contribution is -2.25. The summed E-state index contributed by atoms with van der Waals surface area (Å²) in [6.45, 7) is 0.678. The molecule has 0 saturated carbocycles. The van der Waals surface area contributed by atoms with Crippen LogP contribution in [0.4, 0.5) is 4.39 Å². The number of oxime groups is 1. The second-order valence-corrected chi connectivity index (χ2v) is 6.83. The molecule has 1 aliphatic heterocycles. The minimum Gasteiger partial charge on any atom is -0.470 e. The number of benzene rings is 2. The standard InChI is InChI=1S/C20H13ClFIN4O4/c21-13-6-2-4-8-15(13)31-19-16(22)18(24-11-25-19)30-14-7-3-1-5-12(14)17(26-23)20-27-29-10-9-28-20/h1-8,11H,9-10H2/b26-17+. The molecule has 2 aromatic carbocycles. The Kier molecular flexibility index (Phi) is 6.77. The quantitative estimate of drug-likeness (QED) is 0.301. The largest absolute Gasteiger partial charge is 0.470 e. The van der Waals surface area contributed by atoms with E-state index in [9.17, 15) is 0 Å². The summed E-state index contributed by atoms with van der Waals surface area (Å²) in [4.78, 5) is 12.8. The molecule has 0 amide bonds. The first-order chi connectivity index (χ1) is 15.2. The van der Waals surface area contributed by atoms with Crippen LogP contribution in [-0.4, -0.2) is 34.8 Å². The van der Waals surface area contributed by atoms with Gasteiger partial charge in [0.15, 0.2) is 6.61 Å². The van der Waals surface area contributed by atoms with Crippen LogP contribution in [0.3, 0.4) is 0 Å². The van der Waals surface area contributed by atoms with E-state index < -0.39 is 5.82 Å². The minimum atomic E-state index is -0.889. The Labute approximate surface area is 195 Å². The molecule has 1 aliphatic rings. The molecule has 2 heterocycles. The number of ether oxygens (including phenoxy) is 3. The molecular weight excluding hydrogens is 542 g/mol. The zero-order chi connectivity index (χ0) is 21.6. The van der Waals surface area contributed by atoms with Crippen LogP contribution in [0, 0.1) is 5.82 Å². The molecule has 0 atom stereocenters. The van der Waals surface area contributed by atoms with Crippen molar-refractivity contribution in [3.05, 3.63) is 71.3 Å². The van der Waals surface area contributed by atoms with E-state index in [4.69, 9.17) is 30.6 Å². The number of hydrogen-bond acceptors (Lipinski definition) is 8. The highest BCUT2D eigenvalue weighted by molar-refractivity contribution is 14.1. The Balaban J connectivity index is 1.65. The molecule has 0 saturated heterocycles. The zero-order valence-corrected chi connectivity index (χ0v) is 18.6. The Hall–Kier alpha value is -2.99. The summed E-state index contributed by atoms with van der Waals surface area (Å²) in [5.41, 5.74) is 0.880. The first kappa shape index (κ1) is 21.2. The van der Waals surface area contributed by atoms with E-state index in [1.807, 2.05) is 22.9 Å². The fourth-order valence-electron chi connectivity index (χ4n) is 2.58. The Morgan fingerprint density at radius 3 is 2.35 bits per heavy atom. The van der Waals surface area contributed by atoms with Crippen molar-refractivity contribution in [3.8, 4) is 23.3 Å². The van der Waals surface area contributed by atoms with Gasteiger partial charge in [0.25, 0.3) is 17.7 Å². The lowest BCUT2D eigenvalue weighted by molar-refractivity contribution is 0.0676. The van der Waals surface area contributed by atoms with Crippen molar-refractivity contribution in [3.63, 3.8) is 0 Å². The highest BCUT2D eigenvalue weighted by atomic mass is 127. The monoisotopic (exact) mass is 554 g/mol. The molecule has 0 bridgehead atoms. The second kappa shape index (κ2) is 9.88. The first-order valence-electron chi connectivity index (χ1n) is 8.89. The van der Waals surface area contributed by atoms with Crippen molar-refractivity contribution >= 4 is 46.1 Å². The summed E-state index contributed by atoms with van der Waals surface area (Å²) in [6, 6.07) is 13.5. The van der Waals surface area contributed by atoms with Crippen molar-refractivity contribution in [2.45, 2.75) is 0 Å². The summed E-state index contributed by atoms with van der Waals surface area (Å²) in [6.07, 6.45) is 1.13. The lowest BCUT2D eigenvalue weighted by atomic mass is 10.1. The van der Waals surface area contributed by atoms with Gasteiger partial charge < -0.3 is 19.0 Å². The summed E-state index contributed by atoms with van der Waals surface area (Å²) in [5.74, 6) is -0.829. The van der Waals surface area contributed by atoms with Gasteiger partial charge in [-0.3, -0.25) is 0 Å². The topological polar surface area (TPSA) is 87.4 Å². The van der Waals surface area contributed by atoms with Crippen molar-refractivity contribution in [1.29, 1.82) is 0 Å². The van der Waals surface area contributed by atoms with E-state index >= 15 is 4.39 Å². The van der Waals surface area contributed by atoms with Crippen molar-refractivity contribution < 1.29 is 23.4 Å². The maximum Gasteiger partial charge on any atom is 0.277 e. The molecule has 11 heteroatoms. The Bertz CT molecular complexity index is 1160. The molecule has 0 N–H and O–H groups in total. The number of aromatic nitrogens is 2. The average molecular weight is 555 g/mol. The van der Waals surface area contributed by atoms with Crippen LogP contribution in [-0.2, 0) is 9.57 Å². The molecule has 0 radical (unpaired) electrons. The van der Waals surface area contributed by atoms with Crippen LogP contribution in [0.15, 0.2) is 63.2 Å². The van der Waals surface area contributed by atoms with E-state index in [1.54, 1.807) is 48.5 Å². The third-order valence-corrected chi connectivity index (χ3v) is 4.76. The molecular formula is C20H13ClFIN4O4. The van der Waals surface area contributed by atoms with Crippen LogP contribution in [0.25, 0.3) is 0 Å². The number of para-hydroxylation sites is 2. The highest BCUT2D eigenvalue weighted by Gasteiger charge is 2.23. The molecule has 31 heavy (non-hydrogen) atoms. The molecule has 158 valence electrons. The van der Waals surface area contributed by atoms with Gasteiger partial charge in [-0.2, -0.15) is 14.4 Å². The van der Waals surface area contributed by atoms with Crippen LogP contribution < -0.4 is 9.47 Å². The molecule has 0 unspecified atom stereocenters. The summed E-state index contributed by atoms with van der Waals surface area (Å²) in [5, 5.41) is 4.19. The number of halogens is 3. The van der Waals surface area contributed by atoms with Gasteiger partial charge in [0.05, 0.1) is 27.9 Å². The predicted molar refractivity (Wildman–Crippen MR) is 120 cm³/mol. The molecule has 0 fully saturated rings. The first-order valence-corrected chi connectivity index (χ1v) is 10.2. The van der Waals surface area contributed by atoms with Crippen molar-refractivity contribution in [1.82, 2.24) is 9.97 Å². The van der Waals surface area contributed by atoms with E-state index in [0.29, 0.717) is 29.5 Å². The number of rotatable bonds is 6. The van der Waals surface area contributed by atoms with Gasteiger partial charge in [-0.25, -0.2) is 3.21 Å². The molecule has 0 aliphatic carbocycles. The van der Waals surface area contributed by atoms with E-state index in [1.165, 1.54) is 0 Å². The number of nitrogens with zero attached hydrogens (tertiary/aromatic N) is 4. The van der Waals surface area contributed by atoms with Gasteiger partial charge in [-0.1, -0.05) is 35.9 Å². The van der Waals surface area contributed by atoms with Crippen LogP contribution in [0.2, 0.25) is 5.02 Å². The molecule has 8 nitrogen and oxygen atoms in total. The smallest absolute Gasteiger partial charge is 0.277 e. The van der Waals surface area contributed by atoms with Crippen LogP contribution >= 0.6 is 34.5 Å². The zero-order valence-electron chi connectivity index (χ0n) is 15.7. The third kappa shape index (κ3) is 4.85. The van der Waals surface area contributed by atoms with E-state index in [0.717, 1.165) is 6.33 Å². The van der Waals surface area contributed by atoms with Gasteiger partial charge >= 0.3 is 0 Å². The average Bonchev–Trinajstić information content (AvgIpc) is 2.80. The predicted octanol–water partition coefficient (Wildman–Crippen LogP) is 5.35.